The fraction of sp³-hybridized carbons (Fsp3) is 0.950. The average molecular weight is 471 g/mol. The van der Waals surface area contributed by atoms with Crippen LogP contribution < -0.4 is 11.3 Å². The van der Waals surface area contributed by atoms with Crippen molar-refractivity contribution in [3.8, 4) is 0 Å². The van der Waals surface area contributed by atoms with Crippen LogP contribution in [0.4, 0.5) is 0 Å². The molecule has 3 N–H and O–H groups in total. The van der Waals surface area contributed by atoms with Gasteiger partial charge in [0.15, 0.2) is 0 Å². The highest BCUT2D eigenvalue weighted by atomic mass is 16.6. The quantitative estimate of drug-likeness (QED) is 0.0671. The van der Waals surface area contributed by atoms with Crippen LogP contribution in [-0.4, -0.2) is 125 Å². The maximum absolute atomic E-state index is 10.8. The van der Waals surface area contributed by atoms with Crippen molar-refractivity contribution in [2.45, 2.75) is 6.92 Å². The van der Waals surface area contributed by atoms with Gasteiger partial charge in [0.1, 0.15) is 6.61 Å². The van der Waals surface area contributed by atoms with Gasteiger partial charge in [0.05, 0.1) is 106 Å². The van der Waals surface area contributed by atoms with Crippen LogP contribution in [0.25, 0.3) is 0 Å². The largest absolute Gasteiger partial charge is 0.379 e. The number of amides is 1. The first-order valence-corrected chi connectivity index (χ1v) is 11.0. The Kier molecular flexibility index (Phi) is 27.3. The second-order valence-corrected chi connectivity index (χ2v) is 6.10. The van der Waals surface area contributed by atoms with E-state index >= 15 is 0 Å². The minimum atomic E-state index is -0.375. The summed E-state index contributed by atoms with van der Waals surface area (Å²) in [6, 6.07) is 0. The third-order valence-electron chi connectivity index (χ3n) is 3.57. The summed E-state index contributed by atoms with van der Waals surface area (Å²) in [5, 5.41) is 0. The Bertz CT molecular complexity index is 380. The molecule has 0 rings (SSSR count). The van der Waals surface area contributed by atoms with E-state index in [-0.39, 0.29) is 12.5 Å². The van der Waals surface area contributed by atoms with E-state index in [4.69, 9.17) is 48.5 Å². The zero-order chi connectivity index (χ0) is 23.4. The number of hydrogen-bond acceptors (Lipinski definition) is 11. The Morgan fingerprint density at radius 2 is 0.750 bits per heavy atom. The lowest BCUT2D eigenvalue weighted by Crippen LogP contribution is -2.33. The number of carbonyl (C=O) groups excluding carboxylic acids is 1. The van der Waals surface area contributed by atoms with Gasteiger partial charge in [0.2, 0.25) is 0 Å². The molecule has 0 aliphatic rings. The second-order valence-electron chi connectivity index (χ2n) is 6.10. The molecule has 12 nitrogen and oxygen atoms in total. The zero-order valence-electron chi connectivity index (χ0n) is 19.4. The monoisotopic (exact) mass is 470 g/mol. The summed E-state index contributed by atoms with van der Waals surface area (Å²) in [7, 11) is 0. The summed E-state index contributed by atoms with van der Waals surface area (Å²) in [4.78, 5) is 10.8. The summed E-state index contributed by atoms with van der Waals surface area (Å²) in [5.74, 6) is 4.54. The standard InChI is InChI=1S/C20H42N2O10/c1-2-24-3-4-25-5-6-26-7-8-27-9-10-28-11-12-29-13-14-30-15-16-31-17-18-32-19-20(23)22-21/h2-19,21H2,1H3,(H,22,23). The molecule has 0 atom stereocenters. The van der Waals surface area contributed by atoms with Crippen LogP contribution in [0, 0.1) is 0 Å². The van der Waals surface area contributed by atoms with Gasteiger partial charge >= 0.3 is 0 Å². The van der Waals surface area contributed by atoms with Gasteiger partial charge in [0, 0.05) is 6.61 Å². The summed E-state index contributed by atoms with van der Waals surface area (Å²) in [6.45, 7) is 10.6. The fourth-order valence-corrected chi connectivity index (χ4v) is 2.01. The molecule has 32 heavy (non-hydrogen) atoms. The third kappa shape index (κ3) is 27.1. The Hall–Kier alpha value is -0.930. The molecule has 0 fully saturated rings. The smallest absolute Gasteiger partial charge is 0.259 e. The highest BCUT2D eigenvalue weighted by molar-refractivity contribution is 5.76. The van der Waals surface area contributed by atoms with E-state index in [2.05, 4.69) is 0 Å². The van der Waals surface area contributed by atoms with Gasteiger partial charge in [-0.2, -0.15) is 0 Å². The molecule has 0 radical (unpaired) electrons. The molecular weight excluding hydrogens is 428 g/mol. The highest BCUT2D eigenvalue weighted by Gasteiger charge is 1.98. The van der Waals surface area contributed by atoms with Crippen molar-refractivity contribution in [3.05, 3.63) is 0 Å². The molecule has 12 heteroatoms. The van der Waals surface area contributed by atoms with Crippen LogP contribution in [0.3, 0.4) is 0 Å². The van der Waals surface area contributed by atoms with Crippen LogP contribution in [0.5, 0.6) is 0 Å². The van der Waals surface area contributed by atoms with Gasteiger partial charge in [-0.25, -0.2) is 5.84 Å². The van der Waals surface area contributed by atoms with Crippen LogP contribution in [-0.2, 0) is 47.4 Å². The third-order valence-corrected chi connectivity index (χ3v) is 3.57. The number of nitrogens with one attached hydrogen (secondary N) is 1. The topological polar surface area (TPSA) is 138 Å². The molecule has 1 amide bonds. The summed E-state index contributed by atoms with van der Waals surface area (Å²) < 4.78 is 47.8. The Balaban J connectivity index is 3.02. The molecule has 0 aliphatic carbocycles. The molecule has 0 aromatic heterocycles. The molecule has 0 aromatic carbocycles. The highest BCUT2D eigenvalue weighted by Crippen LogP contribution is 1.86. The van der Waals surface area contributed by atoms with Crippen LogP contribution >= 0.6 is 0 Å². The van der Waals surface area contributed by atoms with Crippen molar-refractivity contribution < 1.29 is 47.4 Å². The average Bonchev–Trinajstić information content (AvgIpc) is 2.81. The molecule has 0 heterocycles. The van der Waals surface area contributed by atoms with Crippen molar-refractivity contribution in [2.24, 2.45) is 5.84 Å². The van der Waals surface area contributed by atoms with E-state index in [1.165, 1.54) is 0 Å². The van der Waals surface area contributed by atoms with E-state index in [0.29, 0.717) is 112 Å². The van der Waals surface area contributed by atoms with Gasteiger partial charge in [-0.3, -0.25) is 10.2 Å². The molecule has 0 spiro atoms. The molecule has 0 saturated carbocycles. The molecule has 0 bridgehead atoms. The van der Waals surface area contributed by atoms with Gasteiger partial charge in [0.25, 0.3) is 5.91 Å². The van der Waals surface area contributed by atoms with Gasteiger partial charge < -0.3 is 42.6 Å². The van der Waals surface area contributed by atoms with E-state index in [1.54, 1.807) is 0 Å². The lowest BCUT2D eigenvalue weighted by molar-refractivity contribution is -0.126. The first-order valence-electron chi connectivity index (χ1n) is 11.0. The Morgan fingerprint density at radius 3 is 1.00 bits per heavy atom. The summed E-state index contributed by atoms with van der Waals surface area (Å²) >= 11 is 0. The minimum absolute atomic E-state index is 0.0774. The molecule has 0 aliphatic heterocycles. The Labute approximate surface area is 191 Å². The number of hydrogen-bond donors (Lipinski definition) is 2. The molecular formula is C20H42N2O10. The number of carbonyl (C=O) groups is 1. The normalized spacial score (nSPS) is 11.2. The second kappa shape index (κ2) is 28.1. The van der Waals surface area contributed by atoms with Gasteiger partial charge in [-0.1, -0.05) is 0 Å². The summed E-state index contributed by atoms with van der Waals surface area (Å²) in [6.07, 6.45) is 0. The zero-order valence-corrected chi connectivity index (χ0v) is 19.4. The lowest BCUT2D eigenvalue weighted by atomic mass is 10.6. The number of nitrogens with two attached hydrogens (primary N) is 1. The molecule has 0 unspecified atom stereocenters. The fourth-order valence-electron chi connectivity index (χ4n) is 2.01. The SMILES string of the molecule is CCOCCOCCOCCOCCOCCOCCOCCOCCOCC(=O)NN. The predicted octanol–water partition coefficient (Wildman–Crippen LogP) is -0.854. The summed E-state index contributed by atoms with van der Waals surface area (Å²) in [5.41, 5.74) is 1.97. The van der Waals surface area contributed by atoms with Crippen molar-refractivity contribution in [1.29, 1.82) is 0 Å². The van der Waals surface area contributed by atoms with E-state index in [9.17, 15) is 4.79 Å². The van der Waals surface area contributed by atoms with Gasteiger partial charge in [-0.05, 0) is 6.92 Å². The van der Waals surface area contributed by atoms with Crippen LogP contribution in [0.15, 0.2) is 0 Å². The predicted molar refractivity (Wildman–Crippen MR) is 115 cm³/mol. The number of rotatable bonds is 27. The van der Waals surface area contributed by atoms with E-state index in [1.807, 2.05) is 12.3 Å². The number of ether oxygens (including phenoxy) is 9. The van der Waals surface area contributed by atoms with Gasteiger partial charge in [-0.15, -0.1) is 0 Å². The van der Waals surface area contributed by atoms with Crippen molar-refractivity contribution in [2.75, 3.05) is 119 Å². The Morgan fingerprint density at radius 1 is 0.500 bits per heavy atom. The van der Waals surface area contributed by atoms with Crippen molar-refractivity contribution in [3.63, 3.8) is 0 Å². The van der Waals surface area contributed by atoms with Crippen LogP contribution in [0.1, 0.15) is 6.92 Å². The number of hydrazine groups is 1. The maximum Gasteiger partial charge on any atom is 0.259 e. The van der Waals surface area contributed by atoms with E-state index < -0.39 is 0 Å². The maximum atomic E-state index is 10.8. The minimum Gasteiger partial charge on any atom is -0.379 e. The van der Waals surface area contributed by atoms with E-state index in [0.717, 1.165) is 0 Å². The molecule has 0 saturated heterocycles. The molecule has 0 aromatic rings. The lowest BCUT2D eigenvalue weighted by Gasteiger charge is -2.08. The first kappa shape index (κ1) is 31.1. The van der Waals surface area contributed by atoms with Crippen molar-refractivity contribution in [1.82, 2.24) is 5.43 Å². The van der Waals surface area contributed by atoms with Crippen LogP contribution in [0.2, 0.25) is 0 Å². The molecule has 192 valence electrons. The first-order chi connectivity index (χ1) is 15.8. The van der Waals surface area contributed by atoms with Crippen molar-refractivity contribution >= 4 is 5.91 Å².